The van der Waals surface area contributed by atoms with Crippen LogP contribution in [0.15, 0.2) is 47.4 Å². The van der Waals surface area contributed by atoms with Gasteiger partial charge in [-0.15, -0.1) is 0 Å². The van der Waals surface area contributed by atoms with E-state index in [1.165, 1.54) is 18.2 Å². The van der Waals surface area contributed by atoms with Crippen molar-refractivity contribution in [2.75, 3.05) is 38.6 Å². The molecule has 2 aromatic carbocycles. The maximum atomic E-state index is 13.0. The predicted octanol–water partition coefficient (Wildman–Crippen LogP) is 0.686. The molecule has 1 aliphatic heterocycles. The Labute approximate surface area is 180 Å². The van der Waals surface area contributed by atoms with Gasteiger partial charge in [-0.1, -0.05) is 24.3 Å². The van der Waals surface area contributed by atoms with Crippen LogP contribution in [0.2, 0.25) is 0 Å². The Balaban J connectivity index is 1.52. The molecule has 0 saturated carbocycles. The van der Waals surface area contributed by atoms with E-state index in [2.05, 4.69) is 0 Å². The number of nitrogens with two attached hydrogens (primary N) is 1. The van der Waals surface area contributed by atoms with Crippen molar-refractivity contribution in [3.8, 4) is 0 Å². The van der Waals surface area contributed by atoms with Gasteiger partial charge in [0.15, 0.2) is 21.4 Å². The number of sulfone groups is 1. The zero-order valence-electron chi connectivity index (χ0n) is 16.9. The molecule has 0 unspecified atom stereocenters. The highest BCUT2D eigenvalue weighted by Crippen LogP contribution is 2.29. The van der Waals surface area contributed by atoms with E-state index in [0.29, 0.717) is 31.7 Å². The topological polar surface area (TPSA) is 118 Å². The van der Waals surface area contributed by atoms with Crippen molar-refractivity contribution >= 4 is 27.3 Å². The molecule has 0 aromatic heterocycles. The Morgan fingerprint density at radius 3 is 2.06 bits per heavy atom. The van der Waals surface area contributed by atoms with Crippen LogP contribution >= 0.6 is 0 Å². The molecule has 8 nitrogen and oxygen atoms in total. The third kappa shape index (κ3) is 4.04. The van der Waals surface area contributed by atoms with Gasteiger partial charge in [-0.05, 0) is 18.2 Å². The van der Waals surface area contributed by atoms with Crippen molar-refractivity contribution in [1.82, 2.24) is 9.80 Å². The smallest absolute Gasteiger partial charge is 0.223 e. The first-order valence-corrected chi connectivity index (χ1v) is 11.7. The van der Waals surface area contributed by atoms with E-state index in [0.717, 1.165) is 0 Å². The van der Waals surface area contributed by atoms with Crippen molar-refractivity contribution in [3.63, 3.8) is 0 Å². The Morgan fingerprint density at radius 2 is 1.45 bits per heavy atom. The highest BCUT2D eigenvalue weighted by Gasteiger charge is 2.31. The van der Waals surface area contributed by atoms with Gasteiger partial charge in [-0.25, -0.2) is 8.42 Å². The summed E-state index contributed by atoms with van der Waals surface area (Å²) in [7, 11) is -3.72. The monoisotopic (exact) mass is 441 g/mol. The van der Waals surface area contributed by atoms with Gasteiger partial charge < -0.3 is 10.6 Å². The molecule has 9 heteroatoms. The number of hydrogen-bond acceptors (Lipinski definition) is 7. The number of carbonyl (C=O) groups is 3. The molecule has 0 atom stereocenters. The van der Waals surface area contributed by atoms with E-state index in [4.69, 9.17) is 5.73 Å². The van der Waals surface area contributed by atoms with Gasteiger partial charge in [0.05, 0.1) is 4.90 Å². The summed E-state index contributed by atoms with van der Waals surface area (Å²) in [6.07, 6.45) is 0.281. The summed E-state index contributed by atoms with van der Waals surface area (Å²) in [6, 6.07) is 10.6. The lowest BCUT2D eigenvalue weighted by atomic mass is 9.84. The van der Waals surface area contributed by atoms with Crippen LogP contribution in [0.25, 0.3) is 0 Å². The van der Waals surface area contributed by atoms with Crippen molar-refractivity contribution in [2.45, 2.75) is 11.3 Å². The fourth-order valence-corrected chi connectivity index (χ4v) is 5.46. The highest BCUT2D eigenvalue weighted by atomic mass is 32.2. The normalized spacial score (nSPS) is 16.7. The molecule has 1 saturated heterocycles. The minimum atomic E-state index is -3.72. The number of rotatable bonds is 5. The standard InChI is InChI=1S/C22H23N3O5S/c23-8-7-20(26)25-11-9-24(10-12-25)14-31(29,30)15-5-6-18-19(13-15)22(28)17-4-2-1-3-16(17)21(18)27/h1-6,13H,7-12,14,23H2. The van der Waals surface area contributed by atoms with Crippen molar-refractivity contribution in [3.05, 3.63) is 64.7 Å². The number of carbonyl (C=O) groups excluding carboxylic acids is 3. The van der Waals surface area contributed by atoms with Gasteiger partial charge in [0.25, 0.3) is 0 Å². The quantitative estimate of drug-likeness (QED) is 0.619. The number of ketones is 2. The second kappa shape index (κ2) is 8.33. The molecule has 1 heterocycles. The molecule has 2 N–H and O–H groups in total. The molecule has 2 aliphatic rings. The molecule has 0 spiro atoms. The van der Waals surface area contributed by atoms with Crippen LogP contribution in [0.4, 0.5) is 0 Å². The second-order valence-corrected chi connectivity index (χ2v) is 9.65. The summed E-state index contributed by atoms with van der Waals surface area (Å²) in [5.41, 5.74) is 6.37. The Hall–Kier alpha value is -2.88. The third-order valence-corrected chi connectivity index (χ3v) is 7.37. The summed E-state index contributed by atoms with van der Waals surface area (Å²) in [5.74, 6) is -0.881. The molecule has 0 bridgehead atoms. The highest BCUT2D eigenvalue weighted by molar-refractivity contribution is 7.91. The van der Waals surface area contributed by atoms with Crippen LogP contribution in [0.5, 0.6) is 0 Å². The summed E-state index contributed by atoms with van der Waals surface area (Å²) >= 11 is 0. The molecule has 0 radical (unpaired) electrons. The average Bonchev–Trinajstić information content (AvgIpc) is 2.77. The van der Waals surface area contributed by atoms with Gasteiger partial charge in [0.2, 0.25) is 5.91 Å². The number of hydrogen-bond donors (Lipinski definition) is 1. The predicted molar refractivity (Wildman–Crippen MR) is 114 cm³/mol. The largest absolute Gasteiger partial charge is 0.340 e. The minimum absolute atomic E-state index is 0.00780. The van der Waals surface area contributed by atoms with Crippen LogP contribution < -0.4 is 5.73 Å². The molecule has 2 aromatic rings. The van der Waals surface area contributed by atoms with Crippen LogP contribution in [0.1, 0.15) is 38.3 Å². The van der Waals surface area contributed by atoms with E-state index >= 15 is 0 Å². The summed E-state index contributed by atoms with van der Waals surface area (Å²) in [4.78, 5) is 41.0. The van der Waals surface area contributed by atoms with Gasteiger partial charge in [-0.2, -0.15) is 0 Å². The van der Waals surface area contributed by atoms with Crippen LogP contribution in [-0.2, 0) is 14.6 Å². The fraction of sp³-hybridized carbons (Fsp3) is 0.318. The zero-order chi connectivity index (χ0) is 22.2. The van der Waals surface area contributed by atoms with Gasteiger partial charge >= 0.3 is 0 Å². The van der Waals surface area contributed by atoms with Gasteiger partial charge in [0, 0.05) is 61.4 Å². The van der Waals surface area contributed by atoms with E-state index in [1.807, 2.05) is 0 Å². The number of fused-ring (bicyclic) bond motifs is 2. The summed E-state index contributed by atoms with van der Waals surface area (Å²) in [6.45, 7) is 2.05. The van der Waals surface area contributed by atoms with E-state index in [-0.39, 0.29) is 57.9 Å². The lowest BCUT2D eigenvalue weighted by Crippen LogP contribution is -2.50. The van der Waals surface area contributed by atoms with Crippen molar-refractivity contribution in [1.29, 1.82) is 0 Å². The first kappa shape index (κ1) is 21.4. The fourth-order valence-electron chi connectivity index (χ4n) is 3.99. The van der Waals surface area contributed by atoms with Crippen molar-refractivity contribution in [2.24, 2.45) is 5.73 Å². The van der Waals surface area contributed by atoms with Gasteiger partial charge in [0.1, 0.15) is 5.88 Å². The maximum Gasteiger partial charge on any atom is 0.223 e. The number of nitrogens with zero attached hydrogens (tertiary/aromatic N) is 2. The lowest BCUT2D eigenvalue weighted by Gasteiger charge is -2.34. The first-order valence-electron chi connectivity index (χ1n) is 10.1. The zero-order valence-corrected chi connectivity index (χ0v) is 17.7. The van der Waals surface area contributed by atoms with Crippen LogP contribution in [0.3, 0.4) is 0 Å². The maximum absolute atomic E-state index is 13.0. The lowest BCUT2D eigenvalue weighted by molar-refractivity contribution is -0.132. The molecule has 4 rings (SSSR count). The van der Waals surface area contributed by atoms with Gasteiger partial charge in [-0.3, -0.25) is 19.3 Å². The molecular formula is C22H23N3O5S. The van der Waals surface area contributed by atoms with E-state index in [1.54, 1.807) is 34.1 Å². The number of benzene rings is 2. The molecule has 31 heavy (non-hydrogen) atoms. The minimum Gasteiger partial charge on any atom is -0.340 e. The van der Waals surface area contributed by atoms with Crippen molar-refractivity contribution < 1.29 is 22.8 Å². The Morgan fingerprint density at radius 1 is 0.871 bits per heavy atom. The molecule has 1 fully saturated rings. The molecular weight excluding hydrogens is 418 g/mol. The summed E-state index contributed by atoms with van der Waals surface area (Å²) in [5, 5.41) is 0. The molecule has 1 aliphatic carbocycles. The SMILES string of the molecule is NCCC(=O)N1CCN(CS(=O)(=O)c2ccc3c(c2)C(=O)c2ccccc2C3=O)CC1. The second-order valence-electron chi connectivity index (χ2n) is 7.69. The third-order valence-electron chi connectivity index (χ3n) is 5.69. The average molecular weight is 442 g/mol. The number of amides is 1. The Bertz CT molecular complexity index is 1170. The van der Waals surface area contributed by atoms with E-state index < -0.39 is 9.84 Å². The number of piperazine rings is 1. The van der Waals surface area contributed by atoms with E-state index in [9.17, 15) is 22.8 Å². The van der Waals surface area contributed by atoms with Crippen LogP contribution in [0, 0.1) is 0 Å². The first-order chi connectivity index (χ1) is 14.8. The molecule has 1 amide bonds. The molecule has 162 valence electrons. The summed E-state index contributed by atoms with van der Waals surface area (Å²) < 4.78 is 26.0. The Kier molecular flexibility index (Phi) is 5.74. The van der Waals surface area contributed by atoms with Crippen LogP contribution in [-0.4, -0.2) is 74.3 Å².